The highest BCUT2D eigenvalue weighted by atomic mass is 16.5. The van der Waals surface area contributed by atoms with Gasteiger partial charge in [-0.25, -0.2) is 5.43 Å². The highest BCUT2D eigenvalue weighted by molar-refractivity contribution is 5.95. The van der Waals surface area contributed by atoms with Crippen molar-refractivity contribution in [1.29, 1.82) is 0 Å². The Labute approximate surface area is 166 Å². The predicted octanol–water partition coefficient (Wildman–Crippen LogP) is 4.43. The molecule has 0 saturated heterocycles. The van der Waals surface area contributed by atoms with Crippen molar-refractivity contribution >= 4 is 12.1 Å². The molecule has 0 aromatic heterocycles. The second kappa shape index (κ2) is 11.0. The van der Waals surface area contributed by atoms with Crippen LogP contribution in [-0.2, 0) is 0 Å². The van der Waals surface area contributed by atoms with Crippen molar-refractivity contribution in [2.24, 2.45) is 5.10 Å². The van der Waals surface area contributed by atoms with Gasteiger partial charge in [0.05, 0.1) is 25.5 Å². The molecule has 0 bridgehead atoms. The summed E-state index contributed by atoms with van der Waals surface area (Å²) in [6.07, 6.45) is 2.56. The number of nitrogens with one attached hydrogen (secondary N) is 1. The minimum atomic E-state index is -0.289. The first-order valence-electron chi connectivity index (χ1n) is 9.53. The van der Waals surface area contributed by atoms with Gasteiger partial charge in [-0.1, -0.05) is 6.92 Å². The highest BCUT2D eigenvalue weighted by Crippen LogP contribution is 2.28. The summed E-state index contributed by atoms with van der Waals surface area (Å²) in [6.45, 7) is 9.07. The molecule has 0 atom stereocenters. The zero-order valence-corrected chi connectivity index (χ0v) is 16.9. The van der Waals surface area contributed by atoms with Crippen molar-refractivity contribution in [3.8, 4) is 17.2 Å². The van der Waals surface area contributed by atoms with Gasteiger partial charge >= 0.3 is 0 Å². The number of benzene rings is 2. The molecule has 0 aliphatic carbocycles. The fourth-order valence-corrected chi connectivity index (χ4v) is 2.38. The topological polar surface area (TPSA) is 69.2 Å². The molecule has 6 heteroatoms. The van der Waals surface area contributed by atoms with Crippen molar-refractivity contribution in [3.05, 3.63) is 53.6 Å². The normalized spacial score (nSPS) is 10.9. The largest absolute Gasteiger partial charge is 0.494 e. The molecular weight excluding hydrogens is 356 g/mol. The maximum atomic E-state index is 12.2. The average molecular weight is 384 g/mol. The van der Waals surface area contributed by atoms with Crippen molar-refractivity contribution in [1.82, 2.24) is 5.43 Å². The van der Waals surface area contributed by atoms with Crippen LogP contribution in [-0.4, -0.2) is 31.4 Å². The quantitative estimate of drug-likeness (QED) is 0.486. The molecule has 2 rings (SSSR count). The summed E-state index contributed by atoms with van der Waals surface area (Å²) in [5, 5.41) is 4.03. The van der Waals surface area contributed by atoms with E-state index < -0.39 is 0 Å². The number of carbonyl (C=O) groups excluding carboxylic acids is 1. The van der Waals surface area contributed by atoms with Crippen LogP contribution < -0.4 is 19.6 Å². The van der Waals surface area contributed by atoms with E-state index in [1.165, 1.54) is 0 Å². The smallest absolute Gasteiger partial charge is 0.271 e. The third-order valence-corrected chi connectivity index (χ3v) is 3.60. The molecule has 1 N–H and O–H groups in total. The Morgan fingerprint density at radius 2 is 1.82 bits per heavy atom. The minimum Gasteiger partial charge on any atom is -0.494 e. The van der Waals surface area contributed by atoms with Gasteiger partial charge in [0.1, 0.15) is 5.75 Å². The number of hydrogen-bond donors (Lipinski definition) is 1. The van der Waals surface area contributed by atoms with Crippen LogP contribution in [0.3, 0.4) is 0 Å². The number of carbonyl (C=O) groups is 1. The lowest BCUT2D eigenvalue weighted by molar-refractivity contribution is 0.0955. The first-order chi connectivity index (χ1) is 13.5. The summed E-state index contributed by atoms with van der Waals surface area (Å²) in [5.41, 5.74) is 3.83. The van der Waals surface area contributed by atoms with Gasteiger partial charge in [0.25, 0.3) is 5.91 Å². The molecule has 0 radical (unpaired) electrons. The van der Waals surface area contributed by atoms with Crippen LogP contribution in [0.5, 0.6) is 17.2 Å². The van der Waals surface area contributed by atoms with Crippen LogP contribution in [0.2, 0.25) is 0 Å². The predicted molar refractivity (Wildman–Crippen MR) is 111 cm³/mol. The molecular formula is C22H28N2O4. The Kier molecular flexibility index (Phi) is 8.34. The van der Waals surface area contributed by atoms with Crippen molar-refractivity contribution in [2.45, 2.75) is 40.2 Å². The second-order valence-corrected chi connectivity index (χ2v) is 6.38. The number of amides is 1. The van der Waals surface area contributed by atoms with Crippen molar-refractivity contribution in [2.75, 3.05) is 13.2 Å². The van der Waals surface area contributed by atoms with Crippen LogP contribution in [0.15, 0.2) is 47.6 Å². The van der Waals surface area contributed by atoms with Crippen LogP contribution in [0.1, 0.15) is 50.0 Å². The van der Waals surface area contributed by atoms with Crippen molar-refractivity contribution in [3.63, 3.8) is 0 Å². The van der Waals surface area contributed by atoms with Gasteiger partial charge in [-0.15, -0.1) is 0 Å². The van der Waals surface area contributed by atoms with Gasteiger partial charge in [-0.2, -0.15) is 5.10 Å². The Hall–Kier alpha value is -3.02. The lowest BCUT2D eigenvalue weighted by Gasteiger charge is -2.14. The Morgan fingerprint density at radius 3 is 2.46 bits per heavy atom. The summed E-state index contributed by atoms with van der Waals surface area (Å²) in [4.78, 5) is 12.2. The molecule has 2 aromatic carbocycles. The van der Waals surface area contributed by atoms with Gasteiger partial charge < -0.3 is 14.2 Å². The van der Waals surface area contributed by atoms with E-state index >= 15 is 0 Å². The summed E-state index contributed by atoms with van der Waals surface area (Å²) >= 11 is 0. The van der Waals surface area contributed by atoms with Gasteiger partial charge in [0.15, 0.2) is 11.5 Å². The lowest BCUT2D eigenvalue weighted by Crippen LogP contribution is -2.17. The summed E-state index contributed by atoms with van der Waals surface area (Å²) < 4.78 is 16.9. The molecule has 28 heavy (non-hydrogen) atoms. The first kappa shape index (κ1) is 21.3. The van der Waals surface area contributed by atoms with E-state index in [1.54, 1.807) is 30.5 Å². The van der Waals surface area contributed by atoms with Crippen molar-refractivity contribution < 1.29 is 19.0 Å². The van der Waals surface area contributed by atoms with Crippen LogP contribution in [0.4, 0.5) is 0 Å². The number of hydrogen-bond acceptors (Lipinski definition) is 5. The molecule has 0 aliphatic rings. The van der Waals surface area contributed by atoms with Gasteiger partial charge in [0, 0.05) is 5.56 Å². The molecule has 150 valence electrons. The molecule has 0 fully saturated rings. The van der Waals surface area contributed by atoms with Crippen LogP contribution in [0.25, 0.3) is 0 Å². The Morgan fingerprint density at radius 1 is 1.07 bits per heavy atom. The molecule has 0 heterocycles. The fourth-order valence-electron chi connectivity index (χ4n) is 2.38. The maximum absolute atomic E-state index is 12.2. The summed E-state index contributed by atoms with van der Waals surface area (Å²) in [6, 6.07) is 12.5. The first-order valence-corrected chi connectivity index (χ1v) is 9.53. The van der Waals surface area contributed by atoms with E-state index in [-0.39, 0.29) is 12.0 Å². The zero-order chi connectivity index (χ0) is 20.4. The van der Waals surface area contributed by atoms with Gasteiger partial charge in [0.2, 0.25) is 0 Å². The van der Waals surface area contributed by atoms with E-state index in [9.17, 15) is 4.79 Å². The second-order valence-electron chi connectivity index (χ2n) is 6.38. The molecule has 0 aliphatic heterocycles. The number of rotatable bonds is 10. The van der Waals surface area contributed by atoms with E-state index in [0.29, 0.717) is 30.3 Å². The van der Waals surface area contributed by atoms with Gasteiger partial charge in [-0.3, -0.25) is 4.79 Å². The number of nitrogens with zero attached hydrogens (tertiary/aromatic N) is 1. The maximum Gasteiger partial charge on any atom is 0.271 e. The Balaban J connectivity index is 1.99. The zero-order valence-electron chi connectivity index (χ0n) is 16.9. The Bertz CT molecular complexity index is 786. The van der Waals surface area contributed by atoms with E-state index in [1.807, 2.05) is 45.9 Å². The molecule has 0 unspecified atom stereocenters. The average Bonchev–Trinajstić information content (AvgIpc) is 2.68. The molecule has 0 spiro atoms. The minimum absolute atomic E-state index is 0.0526. The number of ether oxygens (including phenoxy) is 3. The molecule has 1 amide bonds. The third kappa shape index (κ3) is 6.61. The summed E-state index contributed by atoms with van der Waals surface area (Å²) in [7, 11) is 0. The van der Waals surface area contributed by atoms with E-state index in [2.05, 4.69) is 10.5 Å². The monoisotopic (exact) mass is 384 g/mol. The molecule has 2 aromatic rings. The van der Waals surface area contributed by atoms with E-state index in [4.69, 9.17) is 14.2 Å². The van der Waals surface area contributed by atoms with Crippen LogP contribution >= 0.6 is 0 Å². The summed E-state index contributed by atoms with van der Waals surface area (Å²) in [5.74, 6) is 1.79. The number of hydrazone groups is 1. The van der Waals surface area contributed by atoms with Crippen LogP contribution in [0, 0.1) is 0 Å². The lowest BCUT2D eigenvalue weighted by atomic mass is 10.2. The van der Waals surface area contributed by atoms with Gasteiger partial charge in [-0.05, 0) is 75.2 Å². The third-order valence-electron chi connectivity index (χ3n) is 3.60. The standard InChI is InChI=1S/C22H28N2O4/c1-5-13-27-19-10-8-18(9-11-19)22(25)24-23-15-17-7-12-20(28-16(3)4)21(14-17)26-6-2/h7-12,14-16H,5-6,13H2,1-4H3,(H,24,25)/b23-15-. The molecule has 6 nitrogen and oxygen atoms in total. The van der Waals surface area contributed by atoms with E-state index in [0.717, 1.165) is 17.7 Å². The highest BCUT2D eigenvalue weighted by Gasteiger charge is 2.08. The molecule has 0 saturated carbocycles. The fraction of sp³-hybridized carbons (Fsp3) is 0.364. The SMILES string of the molecule is CCCOc1ccc(C(=O)N/N=C\c2ccc(OC(C)C)c(OCC)c2)cc1.